The number of hydrogen-bond acceptors (Lipinski definition) is 2. The number of Topliss-reactive ketones (excluding diaryl/α,β-unsaturated/α-hetero) is 1. The zero-order chi connectivity index (χ0) is 15.1. The number of carbonyl (C=O) groups is 1. The van der Waals surface area contributed by atoms with Crippen LogP contribution in [-0.2, 0) is 6.42 Å². The maximum absolute atomic E-state index is 12.5. The molecule has 3 nitrogen and oxygen atoms in total. The van der Waals surface area contributed by atoms with E-state index in [0.29, 0.717) is 18.3 Å². The molecule has 4 heteroatoms. The Morgan fingerprint density at radius 1 is 1.24 bits per heavy atom. The van der Waals surface area contributed by atoms with Gasteiger partial charge in [0, 0.05) is 9.99 Å². The minimum atomic E-state index is 0.254. The summed E-state index contributed by atoms with van der Waals surface area (Å²) in [6, 6.07) is 8.28. The highest BCUT2D eigenvalue weighted by Crippen LogP contribution is 2.33. The molecule has 1 aliphatic carbocycles. The van der Waals surface area contributed by atoms with Crippen LogP contribution in [0.3, 0.4) is 0 Å². The molecular formula is C17H19IN2O. The molecule has 0 fully saturated rings. The van der Waals surface area contributed by atoms with Crippen LogP contribution in [0.1, 0.15) is 42.0 Å². The predicted octanol–water partition coefficient (Wildman–Crippen LogP) is 4.19. The number of nitrogens with zero attached hydrogens (tertiary/aromatic N) is 2. The summed E-state index contributed by atoms with van der Waals surface area (Å²) in [6.07, 6.45) is 1.59. The van der Waals surface area contributed by atoms with E-state index < -0.39 is 0 Å². The van der Waals surface area contributed by atoms with Gasteiger partial charge in [-0.25, -0.2) is 4.68 Å². The van der Waals surface area contributed by atoms with Crippen LogP contribution >= 0.6 is 22.6 Å². The smallest absolute Gasteiger partial charge is 0.166 e. The molecule has 3 rings (SSSR count). The second-order valence-corrected chi connectivity index (χ2v) is 7.38. The van der Waals surface area contributed by atoms with Gasteiger partial charge in [-0.3, -0.25) is 4.79 Å². The third-order valence-electron chi connectivity index (χ3n) is 4.35. The van der Waals surface area contributed by atoms with E-state index in [2.05, 4.69) is 65.8 Å². The Morgan fingerprint density at radius 2 is 1.90 bits per heavy atom. The van der Waals surface area contributed by atoms with E-state index in [9.17, 15) is 4.79 Å². The van der Waals surface area contributed by atoms with Crippen molar-refractivity contribution in [2.24, 2.45) is 11.8 Å². The summed E-state index contributed by atoms with van der Waals surface area (Å²) >= 11 is 2.30. The quantitative estimate of drug-likeness (QED) is 0.717. The lowest BCUT2D eigenvalue weighted by Crippen LogP contribution is -2.25. The molecular weight excluding hydrogens is 375 g/mol. The molecule has 1 aliphatic rings. The summed E-state index contributed by atoms with van der Waals surface area (Å²) in [6.45, 7) is 6.33. The number of aromatic nitrogens is 2. The van der Waals surface area contributed by atoms with Crippen LogP contribution in [0.15, 0.2) is 24.3 Å². The van der Waals surface area contributed by atoms with Gasteiger partial charge in [0.05, 0.1) is 22.6 Å². The lowest BCUT2D eigenvalue weighted by atomic mass is 9.79. The highest BCUT2D eigenvalue weighted by Gasteiger charge is 2.32. The van der Waals surface area contributed by atoms with Gasteiger partial charge in [-0.1, -0.05) is 13.8 Å². The van der Waals surface area contributed by atoms with E-state index in [-0.39, 0.29) is 5.78 Å². The molecule has 0 amide bonds. The standard InChI is InChI=1S/C17H19IN2O/c1-10(2)12-8-15-17(16(21)9-12)11(3)19-20(15)14-6-4-13(18)5-7-14/h4-7,10,12H,8-9H2,1-3H3. The van der Waals surface area contributed by atoms with Gasteiger partial charge in [-0.2, -0.15) is 5.10 Å². The van der Waals surface area contributed by atoms with Gasteiger partial charge in [0.15, 0.2) is 5.78 Å². The topological polar surface area (TPSA) is 34.9 Å². The van der Waals surface area contributed by atoms with Crippen molar-refractivity contribution in [1.82, 2.24) is 9.78 Å². The van der Waals surface area contributed by atoms with Crippen LogP contribution in [0.2, 0.25) is 0 Å². The van der Waals surface area contributed by atoms with E-state index in [0.717, 1.165) is 29.1 Å². The molecule has 0 saturated carbocycles. The van der Waals surface area contributed by atoms with Gasteiger partial charge in [-0.15, -0.1) is 0 Å². The summed E-state index contributed by atoms with van der Waals surface area (Å²) in [5.41, 5.74) is 3.84. The summed E-state index contributed by atoms with van der Waals surface area (Å²) in [5.74, 6) is 1.19. The maximum atomic E-state index is 12.5. The Hall–Kier alpha value is -1.17. The van der Waals surface area contributed by atoms with Gasteiger partial charge in [-0.05, 0) is 72.0 Å². The van der Waals surface area contributed by atoms with Crippen molar-refractivity contribution < 1.29 is 4.79 Å². The Balaban J connectivity index is 2.10. The number of fused-ring (bicyclic) bond motifs is 1. The molecule has 0 radical (unpaired) electrons. The van der Waals surface area contributed by atoms with Crippen LogP contribution in [0.4, 0.5) is 0 Å². The zero-order valence-corrected chi connectivity index (χ0v) is 14.7. The molecule has 0 aliphatic heterocycles. The van der Waals surface area contributed by atoms with Crippen molar-refractivity contribution >= 4 is 28.4 Å². The van der Waals surface area contributed by atoms with Crippen LogP contribution in [0, 0.1) is 22.3 Å². The van der Waals surface area contributed by atoms with Crippen molar-refractivity contribution in [3.63, 3.8) is 0 Å². The lowest BCUT2D eigenvalue weighted by molar-refractivity contribution is 0.0931. The Kier molecular flexibility index (Phi) is 3.90. The van der Waals surface area contributed by atoms with Gasteiger partial charge in [0.1, 0.15) is 0 Å². The third-order valence-corrected chi connectivity index (χ3v) is 5.07. The largest absolute Gasteiger partial charge is 0.294 e. The van der Waals surface area contributed by atoms with Crippen molar-refractivity contribution in [1.29, 1.82) is 0 Å². The Bertz CT molecular complexity index is 686. The number of ketones is 1. The van der Waals surface area contributed by atoms with Crippen molar-refractivity contribution in [2.45, 2.75) is 33.6 Å². The minimum Gasteiger partial charge on any atom is -0.294 e. The SMILES string of the molecule is Cc1nn(-c2ccc(I)cc2)c2c1C(=O)CC(C(C)C)C2. The van der Waals surface area contributed by atoms with Gasteiger partial charge in [0.2, 0.25) is 0 Å². The summed E-state index contributed by atoms with van der Waals surface area (Å²) < 4.78 is 3.16. The molecule has 0 spiro atoms. The molecule has 21 heavy (non-hydrogen) atoms. The van der Waals surface area contributed by atoms with Gasteiger partial charge in [0.25, 0.3) is 0 Å². The molecule has 1 aromatic carbocycles. The molecule has 110 valence electrons. The Labute approximate surface area is 138 Å². The van der Waals surface area contributed by atoms with Crippen molar-refractivity contribution in [3.8, 4) is 5.69 Å². The average Bonchev–Trinajstić information content (AvgIpc) is 2.77. The predicted molar refractivity (Wildman–Crippen MR) is 92.0 cm³/mol. The second kappa shape index (κ2) is 5.55. The zero-order valence-electron chi connectivity index (χ0n) is 12.6. The summed E-state index contributed by atoms with van der Waals surface area (Å²) in [4.78, 5) is 12.5. The molecule has 1 aromatic heterocycles. The normalized spacial score (nSPS) is 18.1. The first-order valence-electron chi connectivity index (χ1n) is 7.35. The second-order valence-electron chi connectivity index (χ2n) is 6.13. The molecule has 1 unspecified atom stereocenters. The van der Waals surface area contributed by atoms with Crippen LogP contribution in [0.25, 0.3) is 5.69 Å². The number of carbonyl (C=O) groups excluding carboxylic acids is 1. The molecule has 0 N–H and O–H groups in total. The number of aryl methyl sites for hydroxylation is 1. The van der Waals surface area contributed by atoms with Crippen molar-refractivity contribution in [3.05, 3.63) is 44.8 Å². The molecule has 1 heterocycles. The number of hydrogen-bond donors (Lipinski definition) is 0. The summed E-state index contributed by atoms with van der Waals surface area (Å²) in [7, 11) is 0. The van der Waals surface area contributed by atoms with E-state index in [1.165, 1.54) is 3.57 Å². The van der Waals surface area contributed by atoms with Gasteiger partial charge < -0.3 is 0 Å². The van der Waals surface area contributed by atoms with Gasteiger partial charge >= 0.3 is 0 Å². The minimum absolute atomic E-state index is 0.254. The Morgan fingerprint density at radius 3 is 2.52 bits per heavy atom. The van der Waals surface area contributed by atoms with Crippen LogP contribution in [-0.4, -0.2) is 15.6 Å². The first kappa shape index (κ1) is 14.8. The first-order chi connectivity index (χ1) is 9.97. The fraction of sp³-hybridized carbons (Fsp3) is 0.412. The van der Waals surface area contributed by atoms with E-state index in [1.54, 1.807) is 0 Å². The van der Waals surface area contributed by atoms with E-state index >= 15 is 0 Å². The summed E-state index contributed by atoms with van der Waals surface area (Å²) in [5, 5.41) is 4.63. The molecule has 1 atom stereocenters. The lowest BCUT2D eigenvalue weighted by Gasteiger charge is -2.25. The van der Waals surface area contributed by atoms with E-state index in [4.69, 9.17) is 0 Å². The number of benzene rings is 1. The fourth-order valence-electron chi connectivity index (χ4n) is 3.05. The van der Waals surface area contributed by atoms with Crippen molar-refractivity contribution in [2.75, 3.05) is 0 Å². The highest BCUT2D eigenvalue weighted by atomic mass is 127. The highest BCUT2D eigenvalue weighted by molar-refractivity contribution is 14.1. The third kappa shape index (κ3) is 2.65. The monoisotopic (exact) mass is 394 g/mol. The molecule has 0 saturated heterocycles. The van der Waals surface area contributed by atoms with Crippen LogP contribution in [0.5, 0.6) is 0 Å². The molecule has 2 aromatic rings. The fourth-order valence-corrected chi connectivity index (χ4v) is 3.41. The average molecular weight is 394 g/mol. The van der Waals surface area contributed by atoms with E-state index in [1.807, 2.05) is 11.6 Å². The maximum Gasteiger partial charge on any atom is 0.166 e. The molecule has 0 bridgehead atoms. The number of halogens is 1. The number of rotatable bonds is 2. The van der Waals surface area contributed by atoms with Crippen LogP contribution < -0.4 is 0 Å². The first-order valence-corrected chi connectivity index (χ1v) is 8.43.